The molecule has 0 aliphatic heterocycles. The Morgan fingerprint density at radius 2 is 0.514 bits per heavy atom. The molecule has 72 heavy (non-hydrogen) atoms. The van der Waals surface area contributed by atoms with Crippen LogP contribution in [0.15, 0.2) is 48.6 Å². The largest absolute Gasteiger partial charge is 0.462 e. The topological polar surface area (TPSA) is 78.9 Å². The number of unbranched alkanes of at least 4 members (excludes halogenated alkanes) is 39. The highest BCUT2D eigenvalue weighted by molar-refractivity contribution is 5.71. The SMILES string of the molecule is CCCC/C=C\C/C=C\CCCCCCCC(=O)OC(COC(=O)CCCCCCC/C=C\CCCC)COC(=O)CCCCCCCCCCCCCCCCCCC/C=C\CCCCCCCCCC. The highest BCUT2D eigenvalue weighted by atomic mass is 16.6. The smallest absolute Gasteiger partial charge is 0.306 e. The molecule has 0 bridgehead atoms. The second-order valence-corrected chi connectivity index (χ2v) is 21.3. The quantitative estimate of drug-likeness (QED) is 0.0261. The fourth-order valence-electron chi connectivity index (χ4n) is 9.20. The van der Waals surface area contributed by atoms with Crippen LogP contribution in [0.2, 0.25) is 0 Å². The molecule has 0 radical (unpaired) electrons. The average molecular weight is 1010 g/mol. The van der Waals surface area contributed by atoms with Crippen LogP contribution in [-0.4, -0.2) is 37.2 Å². The van der Waals surface area contributed by atoms with E-state index in [-0.39, 0.29) is 31.1 Å². The number of carbonyl (C=O) groups is 3. The number of hydrogen-bond donors (Lipinski definition) is 0. The normalized spacial score (nSPS) is 12.3. The van der Waals surface area contributed by atoms with E-state index >= 15 is 0 Å². The van der Waals surface area contributed by atoms with Crippen molar-refractivity contribution < 1.29 is 28.6 Å². The molecular formula is C66H120O6. The molecule has 0 amide bonds. The van der Waals surface area contributed by atoms with E-state index in [9.17, 15) is 14.4 Å². The Morgan fingerprint density at radius 1 is 0.278 bits per heavy atom. The minimum absolute atomic E-state index is 0.0788. The van der Waals surface area contributed by atoms with Crippen molar-refractivity contribution in [3.05, 3.63) is 48.6 Å². The number of hydrogen-bond acceptors (Lipinski definition) is 6. The summed E-state index contributed by atoms with van der Waals surface area (Å²) in [6, 6.07) is 0. The standard InChI is InChI=1S/C66H120O6/c1-4-7-10-13-16-19-22-24-26-27-28-29-30-31-32-33-34-35-36-37-38-39-40-42-44-47-50-53-56-59-65(68)71-62-63(61-70-64(67)58-55-52-49-46-43-21-18-15-12-9-6-3)72-66(69)60-57-54-51-48-45-41-25-23-20-17-14-11-8-5-2/h14-15,17-18,23,25,27-28,63H,4-13,16,19-22,24,26,29-62H2,1-3H3/b17-14-,18-15-,25-23-,28-27-. The molecule has 1 atom stereocenters. The lowest BCUT2D eigenvalue weighted by Gasteiger charge is -2.18. The molecule has 6 heteroatoms. The van der Waals surface area contributed by atoms with Crippen molar-refractivity contribution in [2.75, 3.05) is 13.2 Å². The van der Waals surface area contributed by atoms with E-state index in [4.69, 9.17) is 14.2 Å². The Hall–Kier alpha value is -2.63. The Kier molecular flexibility index (Phi) is 58.7. The van der Waals surface area contributed by atoms with Crippen molar-refractivity contribution in [2.45, 2.75) is 341 Å². The van der Waals surface area contributed by atoms with E-state index in [0.717, 1.165) is 89.9 Å². The van der Waals surface area contributed by atoms with Crippen LogP contribution in [-0.2, 0) is 28.6 Å². The fraction of sp³-hybridized carbons (Fsp3) is 0.833. The van der Waals surface area contributed by atoms with Gasteiger partial charge in [-0.15, -0.1) is 0 Å². The van der Waals surface area contributed by atoms with Gasteiger partial charge in [-0.3, -0.25) is 14.4 Å². The van der Waals surface area contributed by atoms with Gasteiger partial charge in [-0.25, -0.2) is 0 Å². The van der Waals surface area contributed by atoms with Gasteiger partial charge in [0.1, 0.15) is 13.2 Å². The average Bonchev–Trinajstić information content (AvgIpc) is 3.38. The van der Waals surface area contributed by atoms with Crippen LogP contribution in [0.4, 0.5) is 0 Å². The van der Waals surface area contributed by atoms with Gasteiger partial charge >= 0.3 is 17.9 Å². The van der Waals surface area contributed by atoms with E-state index in [1.54, 1.807) is 0 Å². The van der Waals surface area contributed by atoms with Crippen molar-refractivity contribution in [3.8, 4) is 0 Å². The molecule has 0 N–H and O–H groups in total. The molecular weight excluding hydrogens is 889 g/mol. The number of rotatable bonds is 58. The highest BCUT2D eigenvalue weighted by Gasteiger charge is 2.19. The Bertz CT molecular complexity index is 1250. The zero-order valence-corrected chi connectivity index (χ0v) is 48.2. The van der Waals surface area contributed by atoms with E-state index in [1.165, 1.54) is 205 Å². The van der Waals surface area contributed by atoms with Gasteiger partial charge in [0.25, 0.3) is 0 Å². The summed E-state index contributed by atoms with van der Waals surface area (Å²) in [6.07, 6.45) is 75.7. The van der Waals surface area contributed by atoms with Crippen LogP contribution in [0, 0.1) is 0 Å². The summed E-state index contributed by atoms with van der Waals surface area (Å²) < 4.78 is 16.9. The molecule has 0 aliphatic rings. The zero-order valence-electron chi connectivity index (χ0n) is 48.2. The van der Waals surface area contributed by atoms with Gasteiger partial charge in [0, 0.05) is 19.3 Å². The molecule has 0 aromatic carbocycles. The second-order valence-electron chi connectivity index (χ2n) is 21.3. The molecule has 0 spiro atoms. The molecule has 420 valence electrons. The minimum atomic E-state index is -0.782. The van der Waals surface area contributed by atoms with Gasteiger partial charge in [-0.2, -0.15) is 0 Å². The van der Waals surface area contributed by atoms with Crippen molar-refractivity contribution in [3.63, 3.8) is 0 Å². The predicted molar refractivity (Wildman–Crippen MR) is 312 cm³/mol. The minimum Gasteiger partial charge on any atom is -0.462 e. The fourth-order valence-corrected chi connectivity index (χ4v) is 9.20. The third-order valence-electron chi connectivity index (χ3n) is 14.0. The lowest BCUT2D eigenvalue weighted by molar-refractivity contribution is -0.167. The molecule has 0 aliphatic carbocycles. The number of ether oxygens (including phenoxy) is 3. The molecule has 0 fully saturated rings. The van der Waals surface area contributed by atoms with Crippen LogP contribution >= 0.6 is 0 Å². The molecule has 0 aromatic heterocycles. The third kappa shape index (κ3) is 58.3. The van der Waals surface area contributed by atoms with Gasteiger partial charge in [-0.1, -0.05) is 275 Å². The number of carbonyl (C=O) groups excluding carboxylic acids is 3. The highest BCUT2D eigenvalue weighted by Crippen LogP contribution is 2.17. The maximum Gasteiger partial charge on any atom is 0.306 e. The predicted octanol–water partition coefficient (Wildman–Crippen LogP) is 21.4. The summed E-state index contributed by atoms with van der Waals surface area (Å²) in [5.74, 6) is -0.888. The zero-order chi connectivity index (χ0) is 52.2. The number of allylic oxidation sites excluding steroid dienone is 8. The van der Waals surface area contributed by atoms with Gasteiger partial charge in [-0.05, 0) is 89.9 Å². The van der Waals surface area contributed by atoms with Crippen molar-refractivity contribution in [1.29, 1.82) is 0 Å². The van der Waals surface area contributed by atoms with Gasteiger partial charge in [0.15, 0.2) is 6.10 Å². The van der Waals surface area contributed by atoms with Gasteiger partial charge < -0.3 is 14.2 Å². The summed E-state index contributed by atoms with van der Waals surface area (Å²) >= 11 is 0. The van der Waals surface area contributed by atoms with Crippen molar-refractivity contribution in [2.24, 2.45) is 0 Å². The molecule has 0 rings (SSSR count). The number of esters is 3. The van der Waals surface area contributed by atoms with E-state index in [2.05, 4.69) is 69.4 Å². The Labute approximate surface area is 448 Å². The molecule has 0 aromatic rings. The van der Waals surface area contributed by atoms with E-state index < -0.39 is 6.10 Å². The Balaban J connectivity index is 4.13. The first-order chi connectivity index (χ1) is 35.5. The molecule has 6 nitrogen and oxygen atoms in total. The second kappa shape index (κ2) is 60.9. The summed E-state index contributed by atoms with van der Waals surface area (Å²) in [5, 5.41) is 0. The molecule has 0 saturated carbocycles. The molecule has 0 saturated heterocycles. The van der Waals surface area contributed by atoms with Crippen LogP contribution in [0.3, 0.4) is 0 Å². The summed E-state index contributed by atoms with van der Waals surface area (Å²) in [7, 11) is 0. The van der Waals surface area contributed by atoms with E-state index in [0.29, 0.717) is 19.3 Å². The Morgan fingerprint density at radius 3 is 0.819 bits per heavy atom. The van der Waals surface area contributed by atoms with Crippen LogP contribution < -0.4 is 0 Å². The monoisotopic (exact) mass is 1010 g/mol. The van der Waals surface area contributed by atoms with Crippen molar-refractivity contribution >= 4 is 17.9 Å². The van der Waals surface area contributed by atoms with Crippen LogP contribution in [0.1, 0.15) is 335 Å². The summed E-state index contributed by atoms with van der Waals surface area (Å²) in [5.41, 5.74) is 0. The maximum atomic E-state index is 12.8. The van der Waals surface area contributed by atoms with Crippen LogP contribution in [0.25, 0.3) is 0 Å². The molecule has 1 unspecified atom stereocenters. The lowest BCUT2D eigenvalue weighted by Crippen LogP contribution is -2.30. The molecule has 0 heterocycles. The third-order valence-corrected chi connectivity index (χ3v) is 14.0. The first-order valence-electron chi connectivity index (χ1n) is 31.6. The van der Waals surface area contributed by atoms with Crippen LogP contribution in [0.5, 0.6) is 0 Å². The summed E-state index contributed by atoms with van der Waals surface area (Å²) in [4.78, 5) is 38.1. The van der Waals surface area contributed by atoms with Crippen molar-refractivity contribution in [1.82, 2.24) is 0 Å². The summed E-state index contributed by atoms with van der Waals surface area (Å²) in [6.45, 7) is 6.58. The van der Waals surface area contributed by atoms with Gasteiger partial charge in [0.2, 0.25) is 0 Å². The first kappa shape index (κ1) is 69.4. The maximum absolute atomic E-state index is 12.8. The van der Waals surface area contributed by atoms with E-state index in [1.807, 2.05) is 0 Å². The lowest BCUT2D eigenvalue weighted by atomic mass is 10.0. The van der Waals surface area contributed by atoms with Gasteiger partial charge in [0.05, 0.1) is 0 Å². The first-order valence-corrected chi connectivity index (χ1v) is 31.6.